The van der Waals surface area contributed by atoms with Crippen molar-refractivity contribution in [3.63, 3.8) is 0 Å². The van der Waals surface area contributed by atoms with E-state index in [0.29, 0.717) is 29.2 Å². The number of amides is 1. The van der Waals surface area contributed by atoms with E-state index in [1.165, 1.54) is 6.07 Å². The van der Waals surface area contributed by atoms with Gasteiger partial charge in [0.05, 0.1) is 22.1 Å². The van der Waals surface area contributed by atoms with Crippen LogP contribution in [0.4, 0.5) is 10.1 Å². The summed E-state index contributed by atoms with van der Waals surface area (Å²) in [5, 5.41) is 8.54. The topological polar surface area (TPSA) is 51.0 Å². The molecule has 1 aromatic heterocycles. The lowest BCUT2D eigenvalue weighted by atomic mass is 9.87. The fourth-order valence-corrected chi connectivity index (χ4v) is 4.35. The number of hydrogen-bond acceptors (Lipinski definition) is 3. The van der Waals surface area contributed by atoms with Crippen molar-refractivity contribution in [2.45, 2.75) is 39.0 Å². The molecule has 2 aromatic rings. The van der Waals surface area contributed by atoms with Crippen LogP contribution in [0.1, 0.15) is 35.4 Å². The minimum Gasteiger partial charge on any atom is -0.310 e. The highest BCUT2D eigenvalue weighted by Gasteiger charge is 2.34. The van der Waals surface area contributed by atoms with Gasteiger partial charge in [-0.15, -0.1) is 5.10 Å². The Morgan fingerprint density at radius 1 is 1.40 bits per heavy atom. The molecule has 1 aliphatic heterocycles. The molecule has 25 heavy (non-hydrogen) atoms. The van der Waals surface area contributed by atoms with Crippen molar-refractivity contribution in [3.8, 4) is 0 Å². The Bertz CT molecular complexity index is 863. The summed E-state index contributed by atoms with van der Waals surface area (Å²) in [6.45, 7) is 2.39. The molecule has 0 fully saturated rings. The maximum Gasteiger partial charge on any atom is 0.230 e. The highest BCUT2D eigenvalue weighted by atomic mass is 35.5. The molecule has 0 radical (unpaired) electrons. The Morgan fingerprint density at radius 2 is 2.20 bits per heavy atom. The largest absolute Gasteiger partial charge is 0.310 e. The van der Waals surface area contributed by atoms with Gasteiger partial charge in [0.25, 0.3) is 0 Å². The van der Waals surface area contributed by atoms with Crippen molar-refractivity contribution < 1.29 is 9.18 Å². The van der Waals surface area contributed by atoms with Gasteiger partial charge in [0.1, 0.15) is 5.82 Å². The standard InChI is InChI=1S/C18H20ClFN4O/c1-10-12-4-3-7-24(17(12)13(19)9-14(10)20)18(25)11-5-6-15-16(8-11)23(2)22-21-15/h9,11H,3-8H2,1-2H3. The Kier molecular flexibility index (Phi) is 4.02. The number of halogens is 2. The first-order valence-electron chi connectivity index (χ1n) is 8.63. The number of aryl methyl sites for hydroxylation is 2. The Hall–Kier alpha value is -1.95. The second-order valence-corrected chi connectivity index (χ2v) is 7.34. The van der Waals surface area contributed by atoms with E-state index >= 15 is 0 Å². The zero-order valence-corrected chi connectivity index (χ0v) is 15.1. The molecule has 1 unspecified atom stereocenters. The van der Waals surface area contributed by atoms with E-state index in [9.17, 15) is 9.18 Å². The molecular formula is C18H20ClFN4O. The Morgan fingerprint density at radius 3 is 3.00 bits per heavy atom. The van der Waals surface area contributed by atoms with Crippen LogP contribution in [-0.4, -0.2) is 27.4 Å². The average molecular weight is 363 g/mol. The van der Waals surface area contributed by atoms with Crippen LogP contribution in [0.2, 0.25) is 5.02 Å². The molecule has 2 heterocycles. The van der Waals surface area contributed by atoms with Crippen molar-refractivity contribution in [1.29, 1.82) is 0 Å². The van der Waals surface area contributed by atoms with Crippen molar-refractivity contribution in [2.75, 3.05) is 11.4 Å². The molecule has 0 N–H and O–H groups in total. The third-order valence-electron chi connectivity index (χ3n) is 5.46. The molecule has 1 aromatic carbocycles. The quantitative estimate of drug-likeness (QED) is 0.783. The van der Waals surface area contributed by atoms with Gasteiger partial charge in [-0.1, -0.05) is 16.8 Å². The fourth-order valence-electron chi connectivity index (χ4n) is 4.04. The number of rotatable bonds is 1. The monoisotopic (exact) mass is 362 g/mol. The number of carbonyl (C=O) groups is 1. The third-order valence-corrected chi connectivity index (χ3v) is 5.75. The van der Waals surface area contributed by atoms with Crippen LogP contribution >= 0.6 is 11.6 Å². The Balaban J connectivity index is 1.67. The number of aromatic nitrogens is 3. The van der Waals surface area contributed by atoms with E-state index in [1.807, 2.05) is 7.05 Å². The van der Waals surface area contributed by atoms with Crippen molar-refractivity contribution in [3.05, 3.63) is 39.4 Å². The molecule has 0 bridgehead atoms. The lowest BCUT2D eigenvalue weighted by Crippen LogP contribution is -2.42. The number of fused-ring (bicyclic) bond motifs is 2. The Labute approximate surface area is 150 Å². The van der Waals surface area contributed by atoms with Crippen LogP contribution in [0.3, 0.4) is 0 Å². The highest BCUT2D eigenvalue weighted by molar-refractivity contribution is 6.34. The van der Waals surface area contributed by atoms with Crippen LogP contribution in [0.15, 0.2) is 6.07 Å². The van der Waals surface area contributed by atoms with Gasteiger partial charge in [-0.25, -0.2) is 4.39 Å². The summed E-state index contributed by atoms with van der Waals surface area (Å²) in [7, 11) is 1.86. The van der Waals surface area contributed by atoms with E-state index < -0.39 is 0 Å². The van der Waals surface area contributed by atoms with Gasteiger partial charge < -0.3 is 4.90 Å². The predicted molar refractivity (Wildman–Crippen MR) is 93.3 cm³/mol. The lowest BCUT2D eigenvalue weighted by Gasteiger charge is -2.35. The van der Waals surface area contributed by atoms with Gasteiger partial charge in [-0.3, -0.25) is 9.48 Å². The summed E-state index contributed by atoms with van der Waals surface area (Å²) in [6.07, 6.45) is 3.74. The molecule has 5 nitrogen and oxygen atoms in total. The first kappa shape index (κ1) is 16.5. The second-order valence-electron chi connectivity index (χ2n) is 6.93. The molecule has 0 saturated heterocycles. The number of hydrogen-bond donors (Lipinski definition) is 0. The van der Waals surface area contributed by atoms with E-state index in [4.69, 9.17) is 11.6 Å². The van der Waals surface area contributed by atoms with Crippen LogP contribution in [-0.2, 0) is 31.1 Å². The molecule has 1 atom stereocenters. The normalized spacial score (nSPS) is 19.5. The van der Waals surface area contributed by atoms with E-state index in [-0.39, 0.29) is 17.6 Å². The summed E-state index contributed by atoms with van der Waals surface area (Å²) < 4.78 is 15.8. The molecular weight excluding hydrogens is 343 g/mol. The smallest absolute Gasteiger partial charge is 0.230 e. The maximum absolute atomic E-state index is 14.0. The molecule has 132 valence electrons. The minimum absolute atomic E-state index is 0.0701. The average Bonchev–Trinajstić information content (AvgIpc) is 2.99. The number of nitrogens with zero attached hydrogens (tertiary/aromatic N) is 4. The van der Waals surface area contributed by atoms with E-state index in [2.05, 4.69) is 10.3 Å². The summed E-state index contributed by atoms with van der Waals surface area (Å²) in [6, 6.07) is 1.32. The molecule has 1 aliphatic carbocycles. The third kappa shape index (κ3) is 2.63. The molecule has 0 spiro atoms. The molecule has 0 saturated carbocycles. The van der Waals surface area contributed by atoms with E-state index in [0.717, 1.165) is 42.6 Å². The first-order valence-corrected chi connectivity index (χ1v) is 9.01. The van der Waals surface area contributed by atoms with Crippen LogP contribution in [0.5, 0.6) is 0 Å². The van der Waals surface area contributed by atoms with Crippen LogP contribution in [0.25, 0.3) is 0 Å². The second kappa shape index (κ2) is 6.09. The fraction of sp³-hybridized carbons (Fsp3) is 0.500. The number of benzene rings is 1. The number of anilines is 1. The number of carbonyl (C=O) groups excluding carboxylic acids is 1. The summed E-state index contributed by atoms with van der Waals surface area (Å²) in [4.78, 5) is 15.0. The molecule has 2 aliphatic rings. The summed E-state index contributed by atoms with van der Waals surface area (Å²) >= 11 is 6.33. The molecule has 4 rings (SSSR count). The van der Waals surface area contributed by atoms with Gasteiger partial charge in [-0.2, -0.15) is 0 Å². The zero-order valence-electron chi connectivity index (χ0n) is 14.4. The summed E-state index contributed by atoms with van der Waals surface area (Å²) in [5.74, 6) is -0.348. The van der Waals surface area contributed by atoms with E-state index in [1.54, 1.807) is 16.5 Å². The molecule has 1 amide bonds. The first-order chi connectivity index (χ1) is 12.0. The van der Waals surface area contributed by atoms with Crippen molar-refractivity contribution in [2.24, 2.45) is 13.0 Å². The SMILES string of the molecule is Cc1c(F)cc(Cl)c2c1CCCN2C(=O)C1CCc2nnn(C)c2C1. The molecule has 7 heteroatoms. The summed E-state index contributed by atoms with van der Waals surface area (Å²) in [5.41, 5.74) is 4.18. The van der Waals surface area contributed by atoms with Gasteiger partial charge in [0, 0.05) is 25.9 Å². The lowest BCUT2D eigenvalue weighted by molar-refractivity contribution is -0.122. The van der Waals surface area contributed by atoms with Crippen molar-refractivity contribution >= 4 is 23.2 Å². The highest BCUT2D eigenvalue weighted by Crippen LogP contribution is 2.39. The maximum atomic E-state index is 14.0. The van der Waals surface area contributed by atoms with Gasteiger partial charge >= 0.3 is 0 Å². The zero-order chi connectivity index (χ0) is 17.7. The van der Waals surface area contributed by atoms with Gasteiger partial charge in [0.2, 0.25) is 5.91 Å². The van der Waals surface area contributed by atoms with Crippen LogP contribution in [0, 0.1) is 18.7 Å². The minimum atomic E-state index is -0.304. The van der Waals surface area contributed by atoms with Gasteiger partial charge in [-0.05, 0) is 49.8 Å². The van der Waals surface area contributed by atoms with Crippen molar-refractivity contribution in [1.82, 2.24) is 15.0 Å². The van der Waals surface area contributed by atoms with Crippen LogP contribution < -0.4 is 4.90 Å². The van der Waals surface area contributed by atoms with Gasteiger partial charge in [0.15, 0.2) is 0 Å². The predicted octanol–water partition coefficient (Wildman–Crippen LogP) is 3.00.